The first-order valence-corrected chi connectivity index (χ1v) is 6.08. The third kappa shape index (κ3) is 4.50. The van der Waals surface area contributed by atoms with Gasteiger partial charge in [-0.2, -0.15) is 0 Å². The number of rotatable bonds is 2. The van der Waals surface area contributed by atoms with Crippen LogP contribution in [0.1, 0.15) is 40.0 Å². The molecule has 17 heavy (non-hydrogen) atoms. The maximum Gasteiger partial charge on any atom is 0.410 e. The van der Waals surface area contributed by atoms with E-state index in [-0.39, 0.29) is 12.6 Å². The summed E-state index contributed by atoms with van der Waals surface area (Å²) >= 11 is 0. The Hall–Kier alpha value is -0.840. The molecule has 0 aromatic carbocycles. The number of ether oxygens (including phenoxy) is 1. The van der Waals surface area contributed by atoms with Crippen molar-refractivity contribution in [1.29, 1.82) is 0 Å². The molecule has 0 spiro atoms. The maximum atomic E-state index is 13.3. The van der Waals surface area contributed by atoms with Gasteiger partial charge in [-0.15, -0.1) is 0 Å². The van der Waals surface area contributed by atoms with Gasteiger partial charge in [0, 0.05) is 19.2 Å². The largest absolute Gasteiger partial charge is 0.444 e. The highest BCUT2D eigenvalue weighted by Crippen LogP contribution is 2.24. The Morgan fingerprint density at radius 1 is 1.53 bits per heavy atom. The van der Waals surface area contributed by atoms with Crippen molar-refractivity contribution < 1.29 is 19.0 Å². The van der Waals surface area contributed by atoms with Crippen molar-refractivity contribution in [3.63, 3.8) is 0 Å². The third-order valence-corrected chi connectivity index (χ3v) is 2.74. The van der Waals surface area contributed by atoms with Crippen LogP contribution in [0.2, 0.25) is 0 Å². The van der Waals surface area contributed by atoms with Crippen LogP contribution in [0.15, 0.2) is 0 Å². The van der Waals surface area contributed by atoms with Gasteiger partial charge in [-0.1, -0.05) is 0 Å². The molecule has 1 saturated heterocycles. The molecule has 1 heterocycles. The topological polar surface area (TPSA) is 49.8 Å². The van der Waals surface area contributed by atoms with Crippen molar-refractivity contribution >= 4 is 6.09 Å². The minimum absolute atomic E-state index is 0.0450. The molecule has 1 aliphatic rings. The molecule has 4 nitrogen and oxygen atoms in total. The quantitative estimate of drug-likeness (QED) is 0.813. The normalized spacial score (nSPS) is 25.8. The lowest BCUT2D eigenvalue weighted by Crippen LogP contribution is -2.48. The predicted molar refractivity (Wildman–Crippen MR) is 62.6 cm³/mol. The van der Waals surface area contributed by atoms with E-state index >= 15 is 0 Å². The summed E-state index contributed by atoms with van der Waals surface area (Å²) in [5.41, 5.74) is -0.548. The van der Waals surface area contributed by atoms with Gasteiger partial charge < -0.3 is 14.7 Å². The summed E-state index contributed by atoms with van der Waals surface area (Å²) in [4.78, 5) is 13.4. The molecular formula is C12H22FNO3. The van der Waals surface area contributed by atoms with Gasteiger partial charge in [-0.25, -0.2) is 9.18 Å². The van der Waals surface area contributed by atoms with E-state index < -0.39 is 17.9 Å². The lowest BCUT2D eigenvalue weighted by molar-refractivity contribution is -0.00126. The number of carbonyl (C=O) groups excluding carboxylic acids is 1. The van der Waals surface area contributed by atoms with Crippen molar-refractivity contribution in [3.8, 4) is 0 Å². The minimum Gasteiger partial charge on any atom is -0.444 e. The van der Waals surface area contributed by atoms with Crippen molar-refractivity contribution in [2.45, 2.75) is 57.8 Å². The fourth-order valence-corrected chi connectivity index (χ4v) is 1.99. The van der Waals surface area contributed by atoms with Crippen LogP contribution in [-0.4, -0.2) is 47.1 Å². The van der Waals surface area contributed by atoms with E-state index in [1.165, 1.54) is 4.90 Å². The number of nitrogens with zero attached hydrogens (tertiary/aromatic N) is 1. The van der Waals surface area contributed by atoms with E-state index in [9.17, 15) is 9.18 Å². The summed E-state index contributed by atoms with van der Waals surface area (Å²) in [6, 6.07) is -0.251. The van der Waals surface area contributed by atoms with Crippen molar-refractivity contribution in [3.05, 3.63) is 0 Å². The van der Waals surface area contributed by atoms with E-state index in [0.29, 0.717) is 25.8 Å². The molecule has 1 rings (SSSR count). The van der Waals surface area contributed by atoms with Gasteiger partial charge in [0.05, 0.1) is 0 Å². The Balaban J connectivity index is 2.62. The molecule has 100 valence electrons. The van der Waals surface area contributed by atoms with Gasteiger partial charge in [0.1, 0.15) is 11.8 Å². The summed E-state index contributed by atoms with van der Waals surface area (Å²) in [7, 11) is 0. The van der Waals surface area contributed by atoms with Gasteiger partial charge in [0.15, 0.2) is 0 Å². The zero-order chi connectivity index (χ0) is 13.1. The number of piperidine rings is 1. The van der Waals surface area contributed by atoms with Gasteiger partial charge in [0.2, 0.25) is 0 Å². The second-order valence-corrected chi connectivity index (χ2v) is 5.46. The number of halogens is 1. The lowest BCUT2D eigenvalue weighted by atomic mass is 9.98. The molecule has 2 atom stereocenters. The van der Waals surface area contributed by atoms with E-state index in [1.54, 1.807) is 20.8 Å². The Morgan fingerprint density at radius 3 is 2.71 bits per heavy atom. The molecule has 1 aliphatic heterocycles. The Kier molecular flexibility index (Phi) is 4.74. The number of likely N-dealkylation sites (tertiary alicyclic amines) is 1. The number of hydrogen-bond acceptors (Lipinski definition) is 3. The van der Waals surface area contributed by atoms with Crippen LogP contribution in [0, 0.1) is 0 Å². The SMILES string of the molecule is CC(C)(C)OC(=O)N1CC[C@@H](F)C[C@@H]1CCO. The zero-order valence-corrected chi connectivity index (χ0v) is 10.8. The number of carbonyl (C=O) groups is 1. The maximum absolute atomic E-state index is 13.3. The minimum atomic E-state index is -0.884. The number of amides is 1. The van der Waals surface area contributed by atoms with Crippen LogP contribution in [0.3, 0.4) is 0 Å². The van der Waals surface area contributed by atoms with Gasteiger partial charge >= 0.3 is 6.09 Å². The fourth-order valence-electron chi connectivity index (χ4n) is 1.99. The summed E-state index contributed by atoms with van der Waals surface area (Å²) < 4.78 is 18.5. The van der Waals surface area contributed by atoms with Crippen LogP contribution >= 0.6 is 0 Å². The standard InChI is InChI=1S/C12H22FNO3/c1-12(2,3)17-11(16)14-6-4-9(13)8-10(14)5-7-15/h9-10,15H,4-8H2,1-3H3/t9-,10+/m1/s1. The number of aliphatic hydroxyl groups excluding tert-OH is 1. The van der Waals surface area contributed by atoms with Crippen LogP contribution in [0.4, 0.5) is 9.18 Å². The molecule has 1 fully saturated rings. The number of aliphatic hydroxyl groups is 1. The summed E-state index contributed by atoms with van der Waals surface area (Å²) in [5, 5.41) is 8.94. The molecule has 0 aliphatic carbocycles. The third-order valence-electron chi connectivity index (χ3n) is 2.74. The van der Waals surface area contributed by atoms with Gasteiger partial charge in [-0.05, 0) is 40.0 Å². The second kappa shape index (κ2) is 5.67. The van der Waals surface area contributed by atoms with Gasteiger partial charge in [-0.3, -0.25) is 0 Å². The second-order valence-electron chi connectivity index (χ2n) is 5.46. The zero-order valence-electron chi connectivity index (χ0n) is 10.8. The average Bonchev–Trinajstić information content (AvgIpc) is 2.15. The van der Waals surface area contributed by atoms with Crippen LogP contribution in [0.5, 0.6) is 0 Å². The molecule has 0 radical (unpaired) electrons. The van der Waals surface area contributed by atoms with E-state index in [4.69, 9.17) is 9.84 Å². The molecule has 0 aromatic heterocycles. The Bertz CT molecular complexity index is 265. The summed E-state index contributed by atoms with van der Waals surface area (Å²) in [5.74, 6) is 0. The van der Waals surface area contributed by atoms with Gasteiger partial charge in [0.25, 0.3) is 0 Å². The first kappa shape index (κ1) is 14.2. The number of hydrogen-bond donors (Lipinski definition) is 1. The first-order valence-electron chi connectivity index (χ1n) is 6.08. The van der Waals surface area contributed by atoms with E-state index in [1.807, 2.05) is 0 Å². The molecule has 0 saturated carbocycles. The van der Waals surface area contributed by atoms with E-state index in [0.717, 1.165) is 0 Å². The molecular weight excluding hydrogens is 225 g/mol. The van der Waals surface area contributed by atoms with Crippen molar-refractivity contribution in [1.82, 2.24) is 4.90 Å². The Labute approximate surface area is 102 Å². The lowest BCUT2D eigenvalue weighted by Gasteiger charge is -2.37. The molecule has 0 aromatic rings. The highest BCUT2D eigenvalue weighted by molar-refractivity contribution is 5.68. The predicted octanol–water partition coefficient (Wildman–Crippen LogP) is 2.11. The molecule has 0 unspecified atom stereocenters. The highest BCUT2D eigenvalue weighted by Gasteiger charge is 2.33. The Morgan fingerprint density at radius 2 is 2.18 bits per heavy atom. The monoisotopic (exact) mass is 247 g/mol. The van der Waals surface area contributed by atoms with Crippen LogP contribution in [0.25, 0.3) is 0 Å². The summed E-state index contributed by atoms with van der Waals surface area (Å²) in [6.45, 7) is 5.72. The fraction of sp³-hybridized carbons (Fsp3) is 0.917. The van der Waals surface area contributed by atoms with Crippen LogP contribution < -0.4 is 0 Å². The average molecular weight is 247 g/mol. The molecule has 1 amide bonds. The smallest absolute Gasteiger partial charge is 0.410 e. The molecule has 0 bridgehead atoms. The first-order chi connectivity index (χ1) is 7.83. The van der Waals surface area contributed by atoms with E-state index in [2.05, 4.69) is 0 Å². The van der Waals surface area contributed by atoms with Crippen molar-refractivity contribution in [2.24, 2.45) is 0 Å². The highest BCUT2D eigenvalue weighted by atomic mass is 19.1. The van der Waals surface area contributed by atoms with Crippen molar-refractivity contribution in [2.75, 3.05) is 13.2 Å². The van der Waals surface area contributed by atoms with Crippen LogP contribution in [-0.2, 0) is 4.74 Å². The molecule has 5 heteroatoms. The number of alkyl halides is 1. The molecule has 1 N–H and O–H groups in total. The summed E-state index contributed by atoms with van der Waals surface area (Å²) in [6.07, 6.45) is -0.256.